The first-order valence-electron chi connectivity index (χ1n) is 7.25. The lowest BCUT2D eigenvalue weighted by molar-refractivity contribution is -0.109. The van der Waals surface area contributed by atoms with Crippen LogP contribution in [0.4, 0.5) is 0 Å². The van der Waals surface area contributed by atoms with Gasteiger partial charge in [-0.2, -0.15) is 5.26 Å². The lowest BCUT2D eigenvalue weighted by Gasteiger charge is -2.19. The first-order valence-corrected chi connectivity index (χ1v) is 8.86. The molecule has 24 heavy (non-hydrogen) atoms. The van der Waals surface area contributed by atoms with E-state index in [1.54, 1.807) is 12.4 Å². The van der Waals surface area contributed by atoms with Crippen molar-refractivity contribution < 1.29 is 4.79 Å². The second kappa shape index (κ2) is 6.42. The Kier molecular flexibility index (Phi) is 4.48. The third-order valence-electron chi connectivity index (χ3n) is 3.56. The summed E-state index contributed by atoms with van der Waals surface area (Å²) in [5.41, 5.74) is 3.29. The molecular weight excluding hydrogens is 386 g/mol. The van der Waals surface area contributed by atoms with Crippen LogP contribution < -0.4 is 0 Å². The average Bonchev–Trinajstić information content (AvgIpc) is 2.95. The van der Waals surface area contributed by atoms with E-state index in [0.29, 0.717) is 5.56 Å². The van der Waals surface area contributed by atoms with Gasteiger partial charge in [0.1, 0.15) is 12.4 Å². The number of pyridine rings is 2. The van der Waals surface area contributed by atoms with E-state index in [4.69, 9.17) is 0 Å². The van der Waals surface area contributed by atoms with Crippen molar-refractivity contribution in [1.29, 1.82) is 5.26 Å². The van der Waals surface area contributed by atoms with Gasteiger partial charge in [-0.05, 0) is 54.0 Å². The molecule has 0 spiro atoms. The van der Waals surface area contributed by atoms with Crippen molar-refractivity contribution in [2.24, 2.45) is 0 Å². The molecule has 3 rings (SSSR count). The van der Waals surface area contributed by atoms with Crippen LogP contribution in [-0.4, -0.2) is 20.4 Å². The van der Waals surface area contributed by atoms with Gasteiger partial charge in [0.15, 0.2) is 0 Å². The van der Waals surface area contributed by atoms with E-state index < -0.39 is 4.75 Å². The molecule has 0 aliphatic heterocycles. The number of thioether (sulfide) groups is 1. The Morgan fingerprint density at radius 3 is 2.88 bits per heavy atom. The number of halogens is 1. The van der Waals surface area contributed by atoms with Crippen molar-refractivity contribution in [3.63, 3.8) is 0 Å². The lowest BCUT2D eigenvalue weighted by atomic mass is 10.1. The summed E-state index contributed by atoms with van der Waals surface area (Å²) in [6, 6.07) is 9.76. The highest BCUT2D eigenvalue weighted by Gasteiger charge is 2.21. The highest BCUT2D eigenvalue weighted by molar-refractivity contribution is 9.10. The molecule has 0 bridgehead atoms. The van der Waals surface area contributed by atoms with Crippen LogP contribution >= 0.6 is 27.7 Å². The molecule has 0 saturated carbocycles. The van der Waals surface area contributed by atoms with Crippen LogP contribution in [0.25, 0.3) is 16.8 Å². The predicted octanol–water partition coefficient (Wildman–Crippen LogP) is 4.71. The van der Waals surface area contributed by atoms with Crippen LogP contribution in [0.5, 0.6) is 0 Å². The van der Waals surface area contributed by atoms with Crippen molar-refractivity contribution in [1.82, 2.24) is 9.38 Å². The van der Waals surface area contributed by atoms with E-state index >= 15 is 0 Å². The van der Waals surface area contributed by atoms with Crippen LogP contribution in [-0.2, 0) is 4.79 Å². The second-order valence-electron chi connectivity index (χ2n) is 5.85. The predicted molar refractivity (Wildman–Crippen MR) is 99.0 cm³/mol. The summed E-state index contributed by atoms with van der Waals surface area (Å²) < 4.78 is 2.34. The Labute approximate surface area is 152 Å². The third kappa shape index (κ3) is 3.10. The van der Waals surface area contributed by atoms with Gasteiger partial charge in [-0.1, -0.05) is 0 Å². The quantitative estimate of drug-likeness (QED) is 0.470. The summed E-state index contributed by atoms with van der Waals surface area (Å²) in [7, 11) is 0. The number of aromatic nitrogens is 2. The smallest absolute Gasteiger partial charge is 0.135 e. The first kappa shape index (κ1) is 16.7. The van der Waals surface area contributed by atoms with E-state index in [-0.39, 0.29) is 0 Å². The van der Waals surface area contributed by atoms with Gasteiger partial charge in [-0.15, -0.1) is 11.8 Å². The number of hydrogen-bond donors (Lipinski definition) is 0. The molecule has 3 aromatic heterocycles. The van der Waals surface area contributed by atoms with Crippen molar-refractivity contribution in [3.05, 3.63) is 52.9 Å². The molecule has 3 heterocycles. The molecule has 120 valence electrons. The Bertz CT molecular complexity index is 972. The summed E-state index contributed by atoms with van der Waals surface area (Å²) in [5.74, 6) is 0. The lowest BCUT2D eigenvalue weighted by Crippen LogP contribution is -2.16. The maximum Gasteiger partial charge on any atom is 0.135 e. The number of carbonyl (C=O) groups is 1. The van der Waals surface area contributed by atoms with E-state index in [1.165, 1.54) is 11.8 Å². The monoisotopic (exact) mass is 399 g/mol. The van der Waals surface area contributed by atoms with Gasteiger partial charge < -0.3 is 9.20 Å². The van der Waals surface area contributed by atoms with Gasteiger partial charge in [-0.25, -0.2) is 0 Å². The summed E-state index contributed by atoms with van der Waals surface area (Å²) in [5, 5.41) is 9.31. The van der Waals surface area contributed by atoms with Crippen molar-refractivity contribution in [3.8, 4) is 17.3 Å². The Morgan fingerprint density at radius 1 is 1.38 bits per heavy atom. The average molecular weight is 400 g/mol. The molecule has 0 unspecified atom stereocenters. The third-order valence-corrected chi connectivity index (χ3v) is 5.20. The summed E-state index contributed by atoms with van der Waals surface area (Å²) >= 11 is 4.97. The zero-order chi connectivity index (χ0) is 17.3. The number of nitriles is 1. The van der Waals surface area contributed by atoms with Crippen molar-refractivity contribution in [2.75, 3.05) is 0 Å². The summed E-state index contributed by atoms with van der Waals surface area (Å²) in [6.07, 6.45) is 6.39. The van der Waals surface area contributed by atoms with Crippen molar-refractivity contribution >= 4 is 39.5 Å². The normalized spacial score (nSPS) is 11.4. The Hall–Kier alpha value is -2.10. The number of hydrogen-bond acceptors (Lipinski definition) is 4. The fraction of sp³-hybridized carbons (Fsp3) is 0.167. The molecular formula is C18H14BrN3OS. The van der Waals surface area contributed by atoms with E-state index in [0.717, 1.165) is 32.4 Å². The van der Waals surface area contributed by atoms with Crippen LogP contribution in [0.3, 0.4) is 0 Å². The van der Waals surface area contributed by atoms with E-state index in [9.17, 15) is 10.1 Å². The second-order valence-corrected chi connectivity index (χ2v) is 8.46. The minimum absolute atomic E-state index is 0.529. The Balaban J connectivity index is 2.23. The zero-order valence-electron chi connectivity index (χ0n) is 13.2. The standard InChI is InChI=1S/C18H14BrN3OS/c1-18(2,11-23)24-17-5-6-21-9-14(17)15-4-3-12(8-20)16-7-13(19)10-22(15)16/h3-7,9-11H,1-2H3. The minimum Gasteiger partial charge on any atom is -0.314 e. The molecule has 4 nitrogen and oxygen atoms in total. The molecule has 0 aliphatic carbocycles. The number of aldehydes is 1. The molecule has 0 atom stereocenters. The number of carbonyl (C=O) groups excluding carboxylic acids is 1. The van der Waals surface area contributed by atoms with Crippen LogP contribution in [0, 0.1) is 11.3 Å². The van der Waals surface area contributed by atoms with Crippen molar-refractivity contribution in [2.45, 2.75) is 23.5 Å². The van der Waals surface area contributed by atoms with Crippen LogP contribution in [0.15, 0.2) is 52.2 Å². The van der Waals surface area contributed by atoms with Gasteiger partial charge in [0.2, 0.25) is 0 Å². The SMILES string of the molecule is CC(C)(C=O)Sc1ccncc1-c1ccc(C#N)c2cc(Br)cn12. The van der Waals surface area contributed by atoms with Gasteiger partial charge in [0, 0.05) is 33.5 Å². The topological polar surface area (TPSA) is 58.2 Å². The number of nitrogens with zero attached hydrogens (tertiary/aromatic N) is 3. The number of rotatable bonds is 4. The Morgan fingerprint density at radius 2 is 2.17 bits per heavy atom. The molecule has 0 radical (unpaired) electrons. The fourth-order valence-corrected chi connectivity index (χ4v) is 3.88. The number of fused-ring (bicyclic) bond motifs is 1. The van der Waals surface area contributed by atoms with Gasteiger partial charge >= 0.3 is 0 Å². The fourth-order valence-electron chi connectivity index (χ4n) is 2.45. The highest BCUT2D eigenvalue weighted by Crippen LogP contribution is 2.38. The maximum atomic E-state index is 11.3. The molecule has 0 N–H and O–H groups in total. The molecule has 0 fully saturated rings. The molecule has 0 aromatic carbocycles. The molecule has 0 aliphatic rings. The first-order chi connectivity index (χ1) is 11.4. The van der Waals surface area contributed by atoms with E-state index in [2.05, 4.69) is 27.0 Å². The van der Waals surface area contributed by atoms with E-state index in [1.807, 2.05) is 48.7 Å². The summed E-state index contributed by atoms with van der Waals surface area (Å²) in [6.45, 7) is 3.77. The maximum absolute atomic E-state index is 11.3. The molecule has 3 aromatic rings. The van der Waals surface area contributed by atoms with Gasteiger partial charge in [0.05, 0.1) is 21.5 Å². The van der Waals surface area contributed by atoms with Crippen LogP contribution in [0.2, 0.25) is 0 Å². The zero-order valence-corrected chi connectivity index (χ0v) is 15.6. The minimum atomic E-state index is -0.529. The van der Waals surface area contributed by atoms with Crippen LogP contribution in [0.1, 0.15) is 19.4 Å². The molecule has 0 amide bonds. The van der Waals surface area contributed by atoms with Gasteiger partial charge in [0.25, 0.3) is 0 Å². The largest absolute Gasteiger partial charge is 0.314 e. The summed E-state index contributed by atoms with van der Waals surface area (Å²) in [4.78, 5) is 16.5. The van der Waals surface area contributed by atoms with Gasteiger partial charge in [-0.3, -0.25) is 4.98 Å². The molecule has 0 saturated heterocycles. The highest BCUT2D eigenvalue weighted by atomic mass is 79.9. The molecule has 6 heteroatoms.